The average Bonchev–Trinajstić information content (AvgIpc) is 2.18. The summed E-state index contributed by atoms with van der Waals surface area (Å²) in [6, 6.07) is 0. The summed E-state index contributed by atoms with van der Waals surface area (Å²) in [7, 11) is 0. The van der Waals surface area contributed by atoms with Crippen LogP contribution in [0.15, 0.2) is 0 Å². The second kappa shape index (κ2) is 4.51. The molecule has 90 valence electrons. The molecule has 0 aromatic heterocycles. The predicted molar refractivity (Wildman–Crippen MR) is 53.0 cm³/mol. The Labute approximate surface area is 93.6 Å². The van der Waals surface area contributed by atoms with Gasteiger partial charge in [0, 0.05) is 25.5 Å². The topological polar surface area (TPSA) is 89.5 Å². The van der Waals surface area contributed by atoms with Crippen molar-refractivity contribution in [1.29, 1.82) is 0 Å². The van der Waals surface area contributed by atoms with Gasteiger partial charge in [-0.15, -0.1) is 0 Å². The fourth-order valence-corrected chi connectivity index (χ4v) is 1.68. The Balaban J connectivity index is 2.67. The van der Waals surface area contributed by atoms with E-state index in [2.05, 4.69) is 5.32 Å². The summed E-state index contributed by atoms with van der Waals surface area (Å²) in [5.41, 5.74) is -0.915. The molecule has 1 aliphatic heterocycles. The van der Waals surface area contributed by atoms with Crippen LogP contribution in [0, 0.1) is 0 Å². The number of rotatable bonds is 3. The smallest absolute Gasteiger partial charge is 0.245 e. The van der Waals surface area contributed by atoms with Crippen LogP contribution < -0.4 is 10.4 Å². The quantitative estimate of drug-likeness (QED) is 0.619. The maximum absolute atomic E-state index is 11.7. The number of piperazine rings is 1. The number of carboxylic acids is 1. The number of nitrogens with one attached hydrogen (secondary N) is 1. The summed E-state index contributed by atoms with van der Waals surface area (Å²) in [4.78, 5) is 34.9. The molecule has 1 N–H and O–H groups in total. The fourth-order valence-electron chi connectivity index (χ4n) is 1.68. The van der Waals surface area contributed by atoms with Crippen molar-refractivity contribution in [3.8, 4) is 0 Å². The minimum Gasteiger partial charge on any atom is -0.550 e. The van der Waals surface area contributed by atoms with E-state index in [9.17, 15) is 19.5 Å². The molecular formula is C10H15N2O4-. The van der Waals surface area contributed by atoms with Gasteiger partial charge in [-0.1, -0.05) is 0 Å². The van der Waals surface area contributed by atoms with Gasteiger partial charge in [0.25, 0.3) is 0 Å². The summed E-state index contributed by atoms with van der Waals surface area (Å²) in [5, 5.41) is 12.9. The molecule has 0 spiro atoms. The molecule has 1 saturated heterocycles. The Morgan fingerprint density at radius 3 is 2.62 bits per heavy atom. The molecular weight excluding hydrogens is 212 g/mol. The Morgan fingerprint density at radius 1 is 1.44 bits per heavy atom. The zero-order valence-electron chi connectivity index (χ0n) is 9.41. The molecule has 6 nitrogen and oxygen atoms in total. The van der Waals surface area contributed by atoms with E-state index in [-0.39, 0.29) is 24.7 Å². The first-order chi connectivity index (χ1) is 7.35. The lowest BCUT2D eigenvalue weighted by Gasteiger charge is -2.41. The molecule has 1 aliphatic rings. The second-order valence-electron chi connectivity index (χ2n) is 4.23. The molecule has 1 rings (SSSR count). The van der Waals surface area contributed by atoms with E-state index in [1.165, 1.54) is 4.90 Å². The van der Waals surface area contributed by atoms with Gasteiger partial charge in [-0.3, -0.25) is 9.59 Å². The van der Waals surface area contributed by atoms with E-state index in [1.54, 1.807) is 13.8 Å². The minimum atomic E-state index is -1.26. The van der Waals surface area contributed by atoms with Crippen molar-refractivity contribution in [3.05, 3.63) is 0 Å². The Bertz CT molecular complexity index is 325. The Morgan fingerprint density at radius 2 is 2.06 bits per heavy atom. The van der Waals surface area contributed by atoms with Gasteiger partial charge in [0.1, 0.15) is 5.54 Å². The highest BCUT2D eigenvalue weighted by molar-refractivity contribution is 5.92. The van der Waals surface area contributed by atoms with Crippen LogP contribution in [-0.4, -0.2) is 41.3 Å². The van der Waals surface area contributed by atoms with E-state index in [0.29, 0.717) is 13.1 Å². The Hall–Kier alpha value is -1.59. The average molecular weight is 227 g/mol. The summed E-state index contributed by atoms with van der Waals surface area (Å²) in [5.74, 6) is -1.81. The van der Waals surface area contributed by atoms with E-state index in [0.717, 1.165) is 0 Å². The van der Waals surface area contributed by atoms with Crippen LogP contribution >= 0.6 is 0 Å². The third-order valence-electron chi connectivity index (χ3n) is 2.70. The normalized spacial score (nSPS) is 19.1. The zero-order valence-corrected chi connectivity index (χ0v) is 9.41. The van der Waals surface area contributed by atoms with Gasteiger partial charge < -0.3 is 20.1 Å². The number of nitrogens with zero attached hydrogens (tertiary/aromatic N) is 1. The van der Waals surface area contributed by atoms with Crippen LogP contribution in [0.5, 0.6) is 0 Å². The molecule has 16 heavy (non-hydrogen) atoms. The van der Waals surface area contributed by atoms with Crippen LogP contribution in [0.1, 0.15) is 26.7 Å². The highest BCUT2D eigenvalue weighted by atomic mass is 16.4. The molecule has 1 heterocycles. The van der Waals surface area contributed by atoms with Gasteiger partial charge in [0.15, 0.2) is 0 Å². The van der Waals surface area contributed by atoms with Crippen LogP contribution in [0.2, 0.25) is 0 Å². The summed E-state index contributed by atoms with van der Waals surface area (Å²) >= 11 is 0. The van der Waals surface area contributed by atoms with Crippen molar-refractivity contribution in [2.45, 2.75) is 32.2 Å². The van der Waals surface area contributed by atoms with Crippen molar-refractivity contribution in [3.63, 3.8) is 0 Å². The molecule has 0 radical (unpaired) electrons. The summed E-state index contributed by atoms with van der Waals surface area (Å²) in [6.45, 7) is 4.08. The lowest BCUT2D eigenvalue weighted by Crippen LogP contribution is -2.63. The number of carbonyl (C=O) groups is 3. The molecule has 0 saturated carbocycles. The first-order valence-corrected chi connectivity index (χ1v) is 5.14. The van der Waals surface area contributed by atoms with Crippen LogP contribution in [0.25, 0.3) is 0 Å². The lowest BCUT2D eigenvalue weighted by molar-refractivity contribution is -0.305. The van der Waals surface area contributed by atoms with Crippen LogP contribution in [0.4, 0.5) is 0 Å². The molecule has 0 aromatic rings. The number of hydrogen-bond acceptors (Lipinski definition) is 4. The number of aliphatic carboxylic acids is 1. The number of carboxylic acid groups (broad SMARTS) is 1. The number of hydrogen-bond donors (Lipinski definition) is 1. The summed E-state index contributed by atoms with van der Waals surface area (Å²) < 4.78 is 0. The molecule has 0 aliphatic carbocycles. The van der Waals surface area contributed by atoms with Gasteiger partial charge in [-0.05, 0) is 20.3 Å². The third-order valence-corrected chi connectivity index (χ3v) is 2.70. The monoisotopic (exact) mass is 227 g/mol. The first kappa shape index (κ1) is 12.5. The number of carbonyl (C=O) groups excluding carboxylic acids is 3. The number of amides is 2. The molecule has 1 fully saturated rings. The molecule has 0 unspecified atom stereocenters. The van der Waals surface area contributed by atoms with Crippen molar-refractivity contribution in [2.75, 3.05) is 13.1 Å². The van der Waals surface area contributed by atoms with Gasteiger partial charge >= 0.3 is 0 Å². The first-order valence-electron chi connectivity index (χ1n) is 5.14. The molecule has 0 aromatic carbocycles. The molecule has 0 atom stereocenters. The predicted octanol–water partition coefficient (Wildman–Crippen LogP) is -1.75. The highest BCUT2D eigenvalue weighted by Crippen LogP contribution is 2.18. The van der Waals surface area contributed by atoms with Crippen LogP contribution in [-0.2, 0) is 14.4 Å². The van der Waals surface area contributed by atoms with E-state index in [4.69, 9.17) is 0 Å². The maximum Gasteiger partial charge on any atom is 0.245 e. The standard InChI is InChI=1S/C10H16N2O4/c1-10(2)9(16)11-5-6-12(10)7(13)3-4-8(14)15/h3-6H2,1-2H3,(H,11,16)(H,14,15)/p-1. The van der Waals surface area contributed by atoms with E-state index < -0.39 is 11.5 Å². The van der Waals surface area contributed by atoms with E-state index >= 15 is 0 Å². The maximum atomic E-state index is 11.7. The lowest BCUT2D eigenvalue weighted by atomic mass is 9.98. The van der Waals surface area contributed by atoms with Crippen molar-refractivity contribution < 1.29 is 19.5 Å². The SMILES string of the molecule is CC1(C)C(=O)NCCN1C(=O)CCC(=O)[O-]. The molecule has 2 amide bonds. The minimum absolute atomic E-state index is 0.126. The Kier molecular flexibility index (Phi) is 3.51. The van der Waals surface area contributed by atoms with E-state index in [1.807, 2.05) is 0 Å². The molecule has 6 heteroatoms. The van der Waals surface area contributed by atoms with Crippen molar-refractivity contribution in [1.82, 2.24) is 10.2 Å². The fraction of sp³-hybridized carbons (Fsp3) is 0.700. The van der Waals surface area contributed by atoms with Gasteiger partial charge in [-0.2, -0.15) is 0 Å². The molecule has 0 bridgehead atoms. The second-order valence-corrected chi connectivity index (χ2v) is 4.23. The van der Waals surface area contributed by atoms with Gasteiger partial charge in [0.05, 0.1) is 0 Å². The van der Waals surface area contributed by atoms with Gasteiger partial charge in [0.2, 0.25) is 11.8 Å². The van der Waals surface area contributed by atoms with Crippen molar-refractivity contribution in [2.24, 2.45) is 0 Å². The zero-order chi connectivity index (χ0) is 12.3. The summed E-state index contributed by atoms with van der Waals surface area (Å²) in [6.07, 6.45) is -0.438. The largest absolute Gasteiger partial charge is 0.550 e. The van der Waals surface area contributed by atoms with Crippen LogP contribution in [0.3, 0.4) is 0 Å². The highest BCUT2D eigenvalue weighted by Gasteiger charge is 2.39. The van der Waals surface area contributed by atoms with Crippen molar-refractivity contribution >= 4 is 17.8 Å². The van der Waals surface area contributed by atoms with Gasteiger partial charge in [-0.25, -0.2) is 0 Å². The third kappa shape index (κ3) is 2.50.